The Morgan fingerprint density at radius 3 is 2.22 bits per heavy atom. The molecule has 1 aliphatic heterocycles. The molecule has 0 atom stereocenters. The van der Waals surface area contributed by atoms with Crippen molar-refractivity contribution < 1.29 is 9.59 Å². The number of likely N-dealkylation sites (N-methyl/N-ethyl adjacent to an activating group) is 1. The molecule has 4 aromatic carbocycles. The number of benzene rings is 4. The maximum Gasteiger partial charge on any atom is 0.262 e. The lowest BCUT2D eigenvalue weighted by Gasteiger charge is -2.29. The number of nitrogens with zero attached hydrogens (tertiary/aromatic N) is 2. The number of halogens is 1. The number of thiocarbonyl (C=S) groups is 1. The predicted molar refractivity (Wildman–Crippen MR) is 161 cm³/mol. The second kappa shape index (κ2) is 11.4. The number of nitrogens with one attached hydrogen (secondary N) is 2. The third kappa shape index (κ3) is 5.37. The van der Waals surface area contributed by atoms with Gasteiger partial charge in [-0.25, -0.2) is 0 Å². The second-order valence-electron chi connectivity index (χ2n) is 8.71. The zero-order valence-corrected chi connectivity index (χ0v) is 23.7. The van der Waals surface area contributed by atoms with E-state index >= 15 is 0 Å². The molecule has 0 fully saturated rings. The molecule has 1 aliphatic rings. The lowest BCUT2D eigenvalue weighted by atomic mass is 9.89. The molecule has 190 valence electrons. The van der Waals surface area contributed by atoms with Crippen LogP contribution in [0.4, 0.5) is 11.4 Å². The van der Waals surface area contributed by atoms with Gasteiger partial charge in [0.05, 0.1) is 5.56 Å². The molecule has 8 heteroatoms. The monoisotopic (exact) mass is 576 g/mol. The van der Waals surface area contributed by atoms with Crippen LogP contribution in [0.25, 0.3) is 21.5 Å². The van der Waals surface area contributed by atoms with E-state index in [0.717, 1.165) is 26.3 Å². The summed E-state index contributed by atoms with van der Waals surface area (Å²) in [5.74, 6) is -0.542. The Bertz CT molecular complexity index is 1500. The van der Waals surface area contributed by atoms with Gasteiger partial charge in [-0.15, -0.1) is 0 Å². The summed E-state index contributed by atoms with van der Waals surface area (Å²) < 4.78 is 0.977. The fourth-order valence-corrected chi connectivity index (χ4v) is 4.91. The first-order valence-electron chi connectivity index (χ1n) is 12.2. The number of fused-ring (bicyclic) bond motifs is 2. The van der Waals surface area contributed by atoms with Gasteiger partial charge < -0.3 is 15.5 Å². The topological polar surface area (TPSA) is 64.7 Å². The van der Waals surface area contributed by atoms with Crippen molar-refractivity contribution in [1.29, 1.82) is 0 Å². The van der Waals surface area contributed by atoms with Gasteiger partial charge in [0.1, 0.15) is 0 Å². The van der Waals surface area contributed by atoms with Crippen LogP contribution in [0.3, 0.4) is 0 Å². The molecule has 0 radical (unpaired) electrons. The summed E-state index contributed by atoms with van der Waals surface area (Å²) in [5, 5.41) is 10.1. The first-order chi connectivity index (χ1) is 17.8. The Morgan fingerprint density at radius 2 is 1.54 bits per heavy atom. The highest BCUT2D eigenvalue weighted by molar-refractivity contribution is 9.10. The molecule has 0 aliphatic carbocycles. The molecule has 0 unspecified atom stereocenters. The quantitative estimate of drug-likeness (QED) is 0.156. The van der Waals surface area contributed by atoms with Crippen LogP contribution in [0.15, 0.2) is 71.2 Å². The van der Waals surface area contributed by atoms with E-state index in [-0.39, 0.29) is 11.8 Å². The number of hydrogen-bond donors (Lipinski definition) is 2. The standard InChI is InChI=1S/C27H23BrN4O2S.C2H6/c1-31(2)13-14-32-25(33)20-7-3-5-16-15-17-6-4-8-21(23(17)24(22(16)20)26(32)34)30-27(35)29-19-11-9-18(28)10-12-19;1-2/h3-12,15H,13-14H2,1-2H3,(H2,29,30,35);1-2H3. The first-order valence-corrected chi connectivity index (χ1v) is 13.4. The Kier molecular flexibility index (Phi) is 8.22. The van der Waals surface area contributed by atoms with Gasteiger partial charge in [-0.3, -0.25) is 14.5 Å². The average molecular weight is 578 g/mol. The van der Waals surface area contributed by atoms with E-state index in [0.29, 0.717) is 40.4 Å². The normalized spacial score (nSPS) is 12.5. The summed E-state index contributed by atoms with van der Waals surface area (Å²) in [6.07, 6.45) is 0. The number of hydrogen-bond acceptors (Lipinski definition) is 4. The molecular formula is C29H29BrN4O2S. The third-order valence-corrected chi connectivity index (χ3v) is 6.79. The van der Waals surface area contributed by atoms with Crippen LogP contribution in [0, 0.1) is 0 Å². The highest BCUT2D eigenvalue weighted by atomic mass is 79.9. The zero-order chi connectivity index (χ0) is 26.7. The summed E-state index contributed by atoms with van der Waals surface area (Å²) >= 11 is 9.02. The molecule has 6 nitrogen and oxygen atoms in total. The number of imide groups is 1. The van der Waals surface area contributed by atoms with Crippen molar-refractivity contribution in [2.24, 2.45) is 0 Å². The van der Waals surface area contributed by atoms with Crippen molar-refractivity contribution >= 4 is 78.0 Å². The number of carbonyl (C=O) groups excluding carboxylic acids is 2. The molecule has 0 aromatic heterocycles. The zero-order valence-electron chi connectivity index (χ0n) is 21.3. The molecule has 2 N–H and O–H groups in total. The number of amides is 2. The minimum atomic E-state index is -0.285. The molecule has 5 rings (SSSR count). The molecule has 0 bridgehead atoms. The van der Waals surface area contributed by atoms with Gasteiger partial charge in [0.2, 0.25) is 0 Å². The van der Waals surface area contributed by atoms with E-state index < -0.39 is 0 Å². The van der Waals surface area contributed by atoms with Crippen molar-refractivity contribution in [2.45, 2.75) is 13.8 Å². The minimum Gasteiger partial charge on any atom is -0.332 e. The van der Waals surface area contributed by atoms with E-state index in [1.165, 1.54) is 4.90 Å². The molecular weight excluding hydrogens is 548 g/mol. The van der Waals surface area contributed by atoms with E-state index in [1.807, 2.05) is 93.5 Å². The number of carbonyl (C=O) groups is 2. The molecule has 1 heterocycles. The first kappa shape index (κ1) is 26.7. The lowest BCUT2D eigenvalue weighted by molar-refractivity contribution is 0.0602. The van der Waals surface area contributed by atoms with Crippen molar-refractivity contribution in [3.63, 3.8) is 0 Å². The van der Waals surface area contributed by atoms with Crippen LogP contribution in [-0.4, -0.2) is 53.9 Å². The lowest BCUT2D eigenvalue weighted by Crippen LogP contribution is -2.43. The molecule has 0 saturated heterocycles. The van der Waals surface area contributed by atoms with Gasteiger partial charge in [-0.2, -0.15) is 0 Å². The van der Waals surface area contributed by atoms with Gasteiger partial charge in [-0.05, 0) is 79.6 Å². The van der Waals surface area contributed by atoms with Crippen LogP contribution in [-0.2, 0) is 0 Å². The number of rotatable bonds is 5. The minimum absolute atomic E-state index is 0.257. The molecule has 2 amide bonds. The van der Waals surface area contributed by atoms with Gasteiger partial charge in [0.15, 0.2) is 5.11 Å². The molecule has 4 aromatic rings. The van der Waals surface area contributed by atoms with Gasteiger partial charge in [0.25, 0.3) is 11.8 Å². The van der Waals surface area contributed by atoms with Crippen molar-refractivity contribution in [3.8, 4) is 0 Å². The Balaban J connectivity index is 0.00000156. The van der Waals surface area contributed by atoms with E-state index in [1.54, 1.807) is 6.07 Å². The van der Waals surface area contributed by atoms with E-state index in [9.17, 15) is 9.59 Å². The fraction of sp³-hybridized carbons (Fsp3) is 0.207. The van der Waals surface area contributed by atoms with Crippen LogP contribution >= 0.6 is 28.1 Å². The summed E-state index contributed by atoms with van der Waals surface area (Å²) in [4.78, 5) is 30.4. The maximum absolute atomic E-state index is 13.8. The van der Waals surface area contributed by atoms with E-state index in [4.69, 9.17) is 12.2 Å². The van der Waals surface area contributed by atoms with Crippen LogP contribution < -0.4 is 10.6 Å². The summed E-state index contributed by atoms with van der Waals surface area (Å²) in [5.41, 5.74) is 2.62. The van der Waals surface area contributed by atoms with Gasteiger partial charge >= 0.3 is 0 Å². The highest BCUT2D eigenvalue weighted by Crippen LogP contribution is 2.39. The van der Waals surface area contributed by atoms with Crippen molar-refractivity contribution in [1.82, 2.24) is 9.80 Å². The fourth-order valence-electron chi connectivity index (χ4n) is 4.42. The summed E-state index contributed by atoms with van der Waals surface area (Å²) in [6.45, 7) is 4.90. The predicted octanol–water partition coefficient (Wildman–Crippen LogP) is 6.75. The van der Waals surface area contributed by atoms with Gasteiger partial charge in [-0.1, -0.05) is 54.0 Å². The van der Waals surface area contributed by atoms with Gasteiger partial charge in [0, 0.05) is 45.3 Å². The maximum atomic E-state index is 13.8. The summed E-state index contributed by atoms with van der Waals surface area (Å²) in [7, 11) is 3.84. The van der Waals surface area contributed by atoms with Crippen LogP contribution in [0.2, 0.25) is 0 Å². The Hall–Kier alpha value is -3.33. The Morgan fingerprint density at radius 1 is 0.892 bits per heavy atom. The molecule has 0 spiro atoms. The molecule has 37 heavy (non-hydrogen) atoms. The van der Waals surface area contributed by atoms with Crippen LogP contribution in [0.5, 0.6) is 0 Å². The number of anilines is 2. The average Bonchev–Trinajstić information content (AvgIpc) is 2.88. The second-order valence-corrected chi connectivity index (χ2v) is 10.0. The smallest absolute Gasteiger partial charge is 0.262 e. The highest BCUT2D eigenvalue weighted by Gasteiger charge is 2.34. The van der Waals surface area contributed by atoms with Crippen LogP contribution in [0.1, 0.15) is 34.6 Å². The van der Waals surface area contributed by atoms with E-state index in [2.05, 4.69) is 26.6 Å². The largest absolute Gasteiger partial charge is 0.332 e. The molecule has 0 saturated carbocycles. The SMILES string of the molecule is CC.CN(C)CCN1C(=O)c2cccc3cc4cccc(NC(=S)Nc5ccc(Br)cc5)c4c(c23)C1=O. The van der Waals surface area contributed by atoms with Crippen molar-refractivity contribution in [3.05, 3.63) is 82.3 Å². The van der Waals surface area contributed by atoms with Crippen molar-refractivity contribution in [2.75, 3.05) is 37.8 Å². The Labute approximate surface area is 230 Å². The summed E-state index contributed by atoms with van der Waals surface area (Å²) in [6, 6.07) is 21.1. The third-order valence-electron chi connectivity index (χ3n) is 6.06.